The Morgan fingerprint density at radius 3 is 2.44 bits per heavy atom. The van der Waals surface area contributed by atoms with Gasteiger partial charge in [-0.25, -0.2) is 4.79 Å². The third-order valence-electron chi connectivity index (χ3n) is 10.8. The van der Waals surface area contributed by atoms with Gasteiger partial charge in [-0.1, -0.05) is 20.8 Å². The molecule has 5 nitrogen and oxygen atoms in total. The molecule has 0 aromatic heterocycles. The Morgan fingerprint density at radius 1 is 0.969 bits per heavy atom. The largest absolute Gasteiger partial charge is 0.466 e. The van der Waals surface area contributed by atoms with E-state index in [0.29, 0.717) is 35.0 Å². The first-order valence-corrected chi connectivity index (χ1v) is 13.1. The van der Waals surface area contributed by atoms with Crippen molar-refractivity contribution >= 4 is 11.9 Å². The number of fused-ring (bicyclic) bond motifs is 5. The van der Waals surface area contributed by atoms with Gasteiger partial charge >= 0.3 is 11.9 Å². The average molecular weight is 449 g/mol. The van der Waals surface area contributed by atoms with Crippen LogP contribution < -0.4 is 0 Å². The molecule has 0 aromatic carbocycles. The van der Waals surface area contributed by atoms with Gasteiger partial charge < -0.3 is 14.6 Å². The number of ether oxygens (including phenoxy) is 2. The average Bonchev–Trinajstić information content (AvgIpc) is 3.13. The Morgan fingerprint density at radius 2 is 1.69 bits per heavy atom. The smallest absolute Gasteiger partial charge is 0.344 e. The number of carbonyl (C=O) groups is 2. The number of hydrogen-bond donors (Lipinski definition) is 1. The molecule has 4 fully saturated rings. The molecule has 0 spiro atoms. The summed E-state index contributed by atoms with van der Waals surface area (Å²) in [7, 11) is 1.30. The maximum atomic E-state index is 12.1. The molecule has 0 aliphatic heterocycles. The molecule has 0 heterocycles. The topological polar surface area (TPSA) is 72.8 Å². The lowest BCUT2D eigenvalue weighted by atomic mass is 9.44. The lowest BCUT2D eigenvalue weighted by Crippen LogP contribution is -2.54. The van der Waals surface area contributed by atoms with Crippen LogP contribution in [0.5, 0.6) is 0 Å². The van der Waals surface area contributed by atoms with Crippen molar-refractivity contribution in [2.45, 2.75) is 97.5 Å². The van der Waals surface area contributed by atoms with Crippen molar-refractivity contribution in [3.8, 4) is 0 Å². The second-order valence-electron chi connectivity index (χ2n) is 12.1. The minimum Gasteiger partial charge on any atom is -0.466 e. The molecule has 1 unspecified atom stereocenters. The molecule has 4 saturated carbocycles. The number of esters is 2. The van der Waals surface area contributed by atoms with E-state index in [1.165, 1.54) is 52.1 Å². The first-order chi connectivity index (χ1) is 15.2. The van der Waals surface area contributed by atoms with E-state index in [9.17, 15) is 14.7 Å². The predicted octanol–water partition coefficient (Wildman–Crippen LogP) is 5.14. The van der Waals surface area contributed by atoms with Gasteiger partial charge in [0.1, 0.15) is 0 Å². The van der Waals surface area contributed by atoms with Crippen LogP contribution in [-0.2, 0) is 19.1 Å². The van der Waals surface area contributed by atoms with Crippen LogP contribution in [0.2, 0.25) is 0 Å². The Hall–Kier alpha value is -1.10. The van der Waals surface area contributed by atoms with Gasteiger partial charge in [-0.15, -0.1) is 0 Å². The van der Waals surface area contributed by atoms with Crippen LogP contribution in [0.15, 0.2) is 0 Å². The highest BCUT2D eigenvalue weighted by Crippen LogP contribution is 2.68. The van der Waals surface area contributed by atoms with Crippen LogP contribution >= 0.6 is 0 Å². The van der Waals surface area contributed by atoms with Gasteiger partial charge in [0.05, 0.1) is 13.2 Å². The lowest BCUT2D eigenvalue weighted by Gasteiger charge is -2.61. The molecule has 4 aliphatic rings. The number of aliphatic hydroxyl groups is 1. The molecule has 0 bridgehead atoms. The SMILES string of the molecule is COC(=O)COC(=O)CC[C@@H](C)[C@H]1CC[C@H]2[C@@H]3CCC4C[C@H](O)CC[C@]4(C)[C@H]3CC[C@]12C. The Kier molecular flexibility index (Phi) is 6.96. The molecule has 5 heteroatoms. The number of aliphatic hydroxyl groups excluding tert-OH is 1. The van der Waals surface area contributed by atoms with E-state index in [2.05, 4.69) is 25.5 Å². The standard InChI is InChI=1S/C27H44O5/c1-17(5-10-24(29)32-16-25(30)31-4)21-8-9-22-20-7-6-18-15-19(28)11-13-26(18,2)23(20)12-14-27(21,22)3/h17-23,28H,5-16H2,1-4H3/t17-,18?,19-,20+,21-,22+,23+,26+,27-/m1/s1. The minimum absolute atomic E-state index is 0.0745. The van der Waals surface area contributed by atoms with E-state index in [0.717, 1.165) is 37.0 Å². The van der Waals surface area contributed by atoms with Gasteiger partial charge in [0.2, 0.25) is 0 Å². The molecular weight excluding hydrogens is 404 g/mol. The monoisotopic (exact) mass is 448 g/mol. The Labute approximate surface area is 194 Å². The van der Waals surface area contributed by atoms with Gasteiger partial charge in [-0.3, -0.25) is 4.79 Å². The maximum absolute atomic E-state index is 12.1. The summed E-state index contributed by atoms with van der Waals surface area (Å²) < 4.78 is 9.59. The molecule has 0 amide bonds. The second kappa shape index (κ2) is 9.27. The van der Waals surface area contributed by atoms with Gasteiger partial charge in [0, 0.05) is 6.42 Å². The van der Waals surface area contributed by atoms with Gasteiger partial charge in [0.15, 0.2) is 6.61 Å². The first-order valence-electron chi connectivity index (χ1n) is 13.1. The van der Waals surface area contributed by atoms with Crippen LogP contribution in [0.4, 0.5) is 0 Å². The van der Waals surface area contributed by atoms with Crippen LogP contribution in [0.1, 0.15) is 91.4 Å². The molecule has 0 saturated heterocycles. The molecule has 4 aliphatic carbocycles. The fourth-order valence-electron chi connectivity index (χ4n) is 9.03. The zero-order valence-electron chi connectivity index (χ0n) is 20.6. The molecule has 4 rings (SSSR count). The van der Waals surface area contributed by atoms with E-state index in [1.54, 1.807) is 0 Å². The van der Waals surface area contributed by atoms with E-state index in [-0.39, 0.29) is 18.7 Å². The summed E-state index contributed by atoms with van der Waals surface area (Å²) in [5.74, 6) is 3.54. The van der Waals surface area contributed by atoms with Crippen LogP contribution in [0, 0.1) is 46.3 Å². The van der Waals surface area contributed by atoms with Crippen molar-refractivity contribution in [2.75, 3.05) is 13.7 Å². The number of hydrogen-bond acceptors (Lipinski definition) is 5. The zero-order chi connectivity index (χ0) is 23.1. The normalized spacial score (nSPS) is 44.0. The maximum Gasteiger partial charge on any atom is 0.344 e. The summed E-state index contributed by atoms with van der Waals surface area (Å²) in [5, 5.41) is 10.3. The summed E-state index contributed by atoms with van der Waals surface area (Å²) >= 11 is 0. The first kappa shape index (κ1) is 24.0. The Bertz CT molecular complexity index is 706. The highest BCUT2D eigenvalue weighted by atomic mass is 16.6. The predicted molar refractivity (Wildman–Crippen MR) is 123 cm³/mol. The van der Waals surface area contributed by atoms with Gasteiger partial charge in [-0.2, -0.15) is 0 Å². The molecule has 9 atom stereocenters. The molecule has 182 valence electrons. The fraction of sp³-hybridized carbons (Fsp3) is 0.926. The van der Waals surface area contributed by atoms with E-state index >= 15 is 0 Å². The summed E-state index contributed by atoms with van der Waals surface area (Å²) in [4.78, 5) is 23.3. The van der Waals surface area contributed by atoms with Crippen LogP contribution in [-0.4, -0.2) is 36.9 Å². The van der Waals surface area contributed by atoms with Crippen LogP contribution in [0.3, 0.4) is 0 Å². The molecule has 0 radical (unpaired) electrons. The highest BCUT2D eigenvalue weighted by molar-refractivity contribution is 5.76. The van der Waals surface area contributed by atoms with E-state index in [1.807, 2.05) is 0 Å². The molecule has 32 heavy (non-hydrogen) atoms. The van der Waals surface area contributed by atoms with Gasteiger partial charge in [-0.05, 0) is 111 Å². The van der Waals surface area contributed by atoms with Crippen molar-refractivity contribution in [2.24, 2.45) is 46.3 Å². The number of rotatable bonds is 6. The minimum atomic E-state index is -0.509. The summed E-state index contributed by atoms with van der Waals surface area (Å²) in [5.41, 5.74) is 0.810. The van der Waals surface area contributed by atoms with Crippen LogP contribution in [0.25, 0.3) is 0 Å². The quantitative estimate of drug-likeness (QED) is 0.570. The number of carbonyl (C=O) groups excluding carboxylic acids is 2. The van der Waals surface area contributed by atoms with E-state index in [4.69, 9.17) is 4.74 Å². The van der Waals surface area contributed by atoms with Crippen molar-refractivity contribution in [1.82, 2.24) is 0 Å². The molecule has 1 N–H and O–H groups in total. The summed E-state index contributed by atoms with van der Waals surface area (Å²) in [6, 6.07) is 0. The second-order valence-corrected chi connectivity index (χ2v) is 12.1. The van der Waals surface area contributed by atoms with Gasteiger partial charge in [0.25, 0.3) is 0 Å². The summed E-state index contributed by atoms with van der Waals surface area (Å²) in [6.07, 6.45) is 12.3. The molecular formula is C27H44O5. The zero-order valence-corrected chi connectivity index (χ0v) is 20.6. The fourth-order valence-corrected chi connectivity index (χ4v) is 9.03. The lowest BCUT2D eigenvalue weighted by molar-refractivity contribution is -0.157. The summed E-state index contributed by atoms with van der Waals surface area (Å²) in [6.45, 7) is 7.14. The Balaban J connectivity index is 1.37. The third-order valence-corrected chi connectivity index (χ3v) is 10.8. The number of methoxy groups -OCH3 is 1. The third kappa shape index (κ3) is 4.23. The van der Waals surface area contributed by atoms with Crippen molar-refractivity contribution < 1.29 is 24.2 Å². The van der Waals surface area contributed by atoms with Crippen molar-refractivity contribution in [3.05, 3.63) is 0 Å². The van der Waals surface area contributed by atoms with Crippen molar-refractivity contribution in [1.29, 1.82) is 0 Å². The highest BCUT2D eigenvalue weighted by Gasteiger charge is 2.60. The van der Waals surface area contributed by atoms with Crippen molar-refractivity contribution in [3.63, 3.8) is 0 Å². The van der Waals surface area contributed by atoms with E-state index < -0.39 is 5.97 Å². The molecule has 0 aromatic rings.